The predicted molar refractivity (Wildman–Crippen MR) is 67.8 cm³/mol. The first-order valence-corrected chi connectivity index (χ1v) is 5.58. The minimum Gasteiger partial charge on any atom is -0.378 e. The van der Waals surface area contributed by atoms with Gasteiger partial charge in [-0.3, -0.25) is 4.98 Å². The van der Waals surface area contributed by atoms with Crippen molar-refractivity contribution < 1.29 is 0 Å². The molecule has 0 aliphatic heterocycles. The van der Waals surface area contributed by atoms with E-state index >= 15 is 0 Å². The van der Waals surface area contributed by atoms with Crippen molar-refractivity contribution in [1.29, 1.82) is 5.26 Å². The van der Waals surface area contributed by atoms with Gasteiger partial charge in [0.25, 0.3) is 0 Å². The van der Waals surface area contributed by atoms with Crippen LogP contribution >= 0.6 is 0 Å². The number of nitriles is 1. The van der Waals surface area contributed by atoms with Gasteiger partial charge in [-0.05, 0) is 26.0 Å². The van der Waals surface area contributed by atoms with E-state index < -0.39 is 0 Å². The minimum absolute atomic E-state index is 0.556. The SMILES string of the molecule is Cc1cc(NCc2ccncn2)c(C#N)c(C)n1. The Bertz CT molecular complexity index is 586. The zero-order chi connectivity index (χ0) is 13.0. The maximum absolute atomic E-state index is 9.13. The summed E-state index contributed by atoms with van der Waals surface area (Å²) in [4.78, 5) is 12.3. The Balaban J connectivity index is 2.22. The number of hydrogen-bond donors (Lipinski definition) is 1. The van der Waals surface area contributed by atoms with Crippen LogP contribution in [0.2, 0.25) is 0 Å². The monoisotopic (exact) mass is 239 g/mol. The van der Waals surface area contributed by atoms with E-state index in [2.05, 4.69) is 26.3 Å². The standard InChI is InChI=1S/C13H13N5/c1-9-5-13(12(6-14)10(2)18-9)16-7-11-3-4-15-8-17-11/h3-5,8H,7H2,1-2H3,(H,16,18). The molecule has 0 aromatic carbocycles. The molecule has 18 heavy (non-hydrogen) atoms. The Morgan fingerprint density at radius 3 is 2.89 bits per heavy atom. The van der Waals surface area contributed by atoms with E-state index in [1.807, 2.05) is 26.0 Å². The van der Waals surface area contributed by atoms with Crippen LogP contribution in [0.5, 0.6) is 0 Å². The van der Waals surface area contributed by atoms with Crippen LogP contribution in [0.25, 0.3) is 0 Å². The molecule has 90 valence electrons. The molecule has 0 bridgehead atoms. The van der Waals surface area contributed by atoms with Gasteiger partial charge in [0, 0.05) is 11.9 Å². The van der Waals surface area contributed by atoms with Gasteiger partial charge in [0.1, 0.15) is 12.4 Å². The fraction of sp³-hybridized carbons (Fsp3) is 0.231. The number of aryl methyl sites for hydroxylation is 2. The average Bonchev–Trinajstić information content (AvgIpc) is 2.37. The van der Waals surface area contributed by atoms with E-state index in [4.69, 9.17) is 5.26 Å². The zero-order valence-electron chi connectivity index (χ0n) is 10.3. The number of hydrogen-bond acceptors (Lipinski definition) is 5. The van der Waals surface area contributed by atoms with E-state index in [1.165, 1.54) is 6.33 Å². The van der Waals surface area contributed by atoms with E-state index in [-0.39, 0.29) is 0 Å². The molecular formula is C13H13N5. The Morgan fingerprint density at radius 2 is 2.22 bits per heavy atom. The normalized spacial score (nSPS) is 9.83. The van der Waals surface area contributed by atoms with E-state index in [1.54, 1.807) is 6.20 Å². The molecule has 2 rings (SSSR count). The molecule has 0 amide bonds. The van der Waals surface area contributed by atoms with Crippen LogP contribution in [-0.4, -0.2) is 15.0 Å². The lowest BCUT2D eigenvalue weighted by Crippen LogP contribution is -2.05. The number of nitrogens with one attached hydrogen (secondary N) is 1. The molecule has 2 heterocycles. The summed E-state index contributed by atoms with van der Waals surface area (Å²) in [7, 11) is 0. The van der Waals surface area contributed by atoms with Crippen molar-refractivity contribution in [2.75, 3.05) is 5.32 Å². The van der Waals surface area contributed by atoms with Crippen molar-refractivity contribution in [3.63, 3.8) is 0 Å². The fourth-order valence-electron chi connectivity index (χ4n) is 1.72. The molecule has 0 aliphatic rings. The first-order chi connectivity index (χ1) is 8.70. The predicted octanol–water partition coefficient (Wildman–Crippen LogP) is 1.97. The van der Waals surface area contributed by atoms with Gasteiger partial charge in [0.15, 0.2) is 0 Å². The van der Waals surface area contributed by atoms with Crippen molar-refractivity contribution in [1.82, 2.24) is 15.0 Å². The van der Waals surface area contributed by atoms with E-state index in [0.29, 0.717) is 12.1 Å². The number of pyridine rings is 1. The molecule has 0 unspecified atom stereocenters. The van der Waals surface area contributed by atoms with Crippen LogP contribution in [0, 0.1) is 25.2 Å². The van der Waals surface area contributed by atoms with Gasteiger partial charge in [-0.1, -0.05) is 0 Å². The van der Waals surface area contributed by atoms with E-state index in [0.717, 1.165) is 22.8 Å². The summed E-state index contributed by atoms with van der Waals surface area (Å²) in [6.07, 6.45) is 3.20. The van der Waals surface area contributed by atoms with Crippen LogP contribution in [-0.2, 0) is 6.54 Å². The Hall–Kier alpha value is -2.48. The molecule has 0 spiro atoms. The van der Waals surface area contributed by atoms with Gasteiger partial charge in [0.05, 0.1) is 29.2 Å². The third kappa shape index (κ3) is 2.61. The third-order valence-corrected chi connectivity index (χ3v) is 2.54. The highest BCUT2D eigenvalue weighted by molar-refractivity contribution is 5.59. The zero-order valence-corrected chi connectivity index (χ0v) is 10.3. The van der Waals surface area contributed by atoms with Crippen molar-refractivity contribution >= 4 is 5.69 Å². The first-order valence-electron chi connectivity index (χ1n) is 5.58. The Kier molecular flexibility index (Phi) is 3.49. The molecule has 2 aromatic heterocycles. The van der Waals surface area contributed by atoms with Crippen molar-refractivity contribution in [2.45, 2.75) is 20.4 Å². The smallest absolute Gasteiger partial charge is 0.115 e. The molecule has 0 atom stereocenters. The Labute approximate surface area is 106 Å². The Morgan fingerprint density at radius 1 is 1.39 bits per heavy atom. The third-order valence-electron chi connectivity index (χ3n) is 2.54. The van der Waals surface area contributed by atoms with Crippen molar-refractivity contribution in [2.24, 2.45) is 0 Å². The summed E-state index contributed by atoms with van der Waals surface area (Å²) >= 11 is 0. The van der Waals surface area contributed by atoms with Gasteiger partial charge < -0.3 is 5.32 Å². The molecule has 5 nitrogen and oxygen atoms in total. The fourth-order valence-corrected chi connectivity index (χ4v) is 1.72. The van der Waals surface area contributed by atoms with Gasteiger partial charge in [-0.2, -0.15) is 5.26 Å². The van der Waals surface area contributed by atoms with Crippen LogP contribution in [0.15, 0.2) is 24.7 Å². The molecule has 0 radical (unpaired) electrons. The summed E-state index contributed by atoms with van der Waals surface area (Å²) in [5.74, 6) is 0. The van der Waals surface area contributed by atoms with E-state index in [9.17, 15) is 0 Å². The largest absolute Gasteiger partial charge is 0.378 e. The quantitative estimate of drug-likeness (QED) is 0.886. The minimum atomic E-state index is 0.556. The van der Waals surface area contributed by atoms with Crippen molar-refractivity contribution in [3.8, 4) is 6.07 Å². The second kappa shape index (κ2) is 5.23. The summed E-state index contributed by atoms with van der Waals surface area (Å²) in [6.45, 7) is 4.30. The molecule has 2 aromatic rings. The lowest BCUT2D eigenvalue weighted by Gasteiger charge is -2.10. The van der Waals surface area contributed by atoms with Crippen LogP contribution in [0.3, 0.4) is 0 Å². The highest BCUT2D eigenvalue weighted by atomic mass is 14.9. The lowest BCUT2D eigenvalue weighted by atomic mass is 10.1. The van der Waals surface area contributed by atoms with Gasteiger partial charge in [0.2, 0.25) is 0 Å². The molecule has 5 heteroatoms. The van der Waals surface area contributed by atoms with Gasteiger partial charge in [-0.25, -0.2) is 9.97 Å². The maximum atomic E-state index is 9.13. The highest BCUT2D eigenvalue weighted by Crippen LogP contribution is 2.19. The summed E-state index contributed by atoms with van der Waals surface area (Å²) in [5.41, 5.74) is 3.87. The van der Waals surface area contributed by atoms with Crippen molar-refractivity contribution in [3.05, 3.63) is 47.3 Å². The van der Waals surface area contributed by atoms with Gasteiger partial charge in [-0.15, -0.1) is 0 Å². The second-order valence-electron chi connectivity index (χ2n) is 3.94. The second-order valence-corrected chi connectivity index (χ2v) is 3.94. The number of aromatic nitrogens is 3. The lowest BCUT2D eigenvalue weighted by molar-refractivity contribution is 0.999. The van der Waals surface area contributed by atoms with Gasteiger partial charge >= 0.3 is 0 Å². The highest BCUT2D eigenvalue weighted by Gasteiger charge is 2.07. The summed E-state index contributed by atoms with van der Waals surface area (Å²) < 4.78 is 0. The molecule has 0 aliphatic carbocycles. The topological polar surface area (TPSA) is 74.5 Å². The molecule has 1 N–H and O–H groups in total. The number of nitrogens with zero attached hydrogens (tertiary/aromatic N) is 4. The number of rotatable bonds is 3. The van der Waals surface area contributed by atoms with Crippen LogP contribution in [0.4, 0.5) is 5.69 Å². The summed E-state index contributed by atoms with van der Waals surface area (Å²) in [5, 5.41) is 12.3. The summed E-state index contributed by atoms with van der Waals surface area (Å²) in [6, 6.07) is 5.87. The molecule has 0 fully saturated rings. The van der Waals surface area contributed by atoms with Crippen LogP contribution < -0.4 is 5.32 Å². The molecule has 0 saturated carbocycles. The average molecular weight is 239 g/mol. The molecule has 0 saturated heterocycles. The maximum Gasteiger partial charge on any atom is 0.115 e. The number of anilines is 1. The van der Waals surface area contributed by atoms with Crippen LogP contribution in [0.1, 0.15) is 22.6 Å². The molecular weight excluding hydrogens is 226 g/mol. The first kappa shape index (κ1) is 12.0.